The zero-order valence-corrected chi connectivity index (χ0v) is 18.2. The third-order valence-electron chi connectivity index (χ3n) is 6.05. The number of nitro groups is 1. The minimum absolute atomic E-state index is 0.0371. The van der Waals surface area contributed by atoms with Crippen LogP contribution in [0.25, 0.3) is 0 Å². The highest BCUT2D eigenvalue weighted by Crippen LogP contribution is 2.37. The van der Waals surface area contributed by atoms with E-state index in [1.54, 1.807) is 6.07 Å². The molecule has 0 amide bonds. The lowest BCUT2D eigenvalue weighted by atomic mass is 10.0. The topological polar surface area (TPSA) is 93.0 Å². The third kappa shape index (κ3) is 4.73. The van der Waals surface area contributed by atoms with Gasteiger partial charge in [0.2, 0.25) is 10.0 Å². The van der Waals surface area contributed by atoms with Gasteiger partial charge in [-0.15, -0.1) is 0 Å². The molecular formula is C22H27N3O5S. The van der Waals surface area contributed by atoms with E-state index in [1.165, 1.54) is 22.0 Å². The first-order valence-electron chi connectivity index (χ1n) is 10.6. The zero-order valence-electron chi connectivity index (χ0n) is 17.4. The summed E-state index contributed by atoms with van der Waals surface area (Å²) in [6.07, 6.45) is 3.73. The van der Waals surface area contributed by atoms with Gasteiger partial charge >= 0.3 is 0 Å². The maximum absolute atomic E-state index is 13.0. The van der Waals surface area contributed by atoms with Gasteiger partial charge in [-0.05, 0) is 43.4 Å². The van der Waals surface area contributed by atoms with Crippen molar-refractivity contribution < 1.29 is 18.1 Å². The van der Waals surface area contributed by atoms with Crippen molar-refractivity contribution in [3.8, 4) is 0 Å². The van der Waals surface area contributed by atoms with Crippen LogP contribution in [-0.2, 0) is 21.2 Å². The average Bonchev–Trinajstić information content (AvgIpc) is 3.27. The standard InChI is InChI=1S/C22H27N3O5S/c26-25(27)22-17-20(31(28,29)23-13-15-30-16-14-23)10-11-21(22)24-12-4-7-19(24)9-8-18-5-2-1-3-6-18/h1-3,5-6,10-11,17,19H,4,7-9,12-16H2. The van der Waals surface area contributed by atoms with Crippen LogP contribution in [0.4, 0.5) is 11.4 Å². The Bertz CT molecular complexity index is 1020. The Kier molecular flexibility index (Phi) is 6.54. The molecule has 2 fully saturated rings. The van der Waals surface area contributed by atoms with Crippen LogP contribution in [0.15, 0.2) is 53.4 Å². The van der Waals surface area contributed by atoms with Gasteiger partial charge in [-0.3, -0.25) is 10.1 Å². The van der Waals surface area contributed by atoms with E-state index in [2.05, 4.69) is 17.0 Å². The molecule has 2 aliphatic heterocycles. The molecule has 2 aliphatic rings. The Hall–Kier alpha value is -2.49. The van der Waals surface area contributed by atoms with E-state index in [1.807, 2.05) is 18.2 Å². The molecule has 0 N–H and O–H groups in total. The molecular weight excluding hydrogens is 418 g/mol. The number of ether oxygens (including phenoxy) is 1. The van der Waals surface area contributed by atoms with Crippen molar-refractivity contribution in [2.24, 2.45) is 0 Å². The largest absolute Gasteiger partial charge is 0.379 e. The summed E-state index contributed by atoms with van der Waals surface area (Å²) in [7, 11) is -3.79. The minimum atomic E-state index is -3.79. The fraction of sp³-hybridized carbons (Fsp3) is 0.455. The summed E-state index contributed by atoms with van der Waals surface area (Å²) in [6.45, 7) is 1.90. The van der Waals surface area contributed by atoms with Crippen LogP contribution in [0.3, 0.4) is 0 Å². The predicted octanol–water partition coefficient (Wildman–Crippen LogP) is 3.22. The van der Waals surface area contributed by atoms with Crippen LogP contribution in [0, 0.1) is 10.1 Å². The lowest BCUT2D eigenvalue weighted by Gasteiger charge is -2.28. The SMILES string of the molecule is O=[N+]([O-])c1cc(S(=O)(=O)N2CCOCC2)ccc1N1CCCC1CCc1ccccc1. The maximum Gasteiger partial charge on any atom is 0.293 e. The van der Waals surface area contributed by atoms with Crippen LogP contribution in [0.1, 0.15) is 24.8 Å². The molecule has 1 unspecified atom stereocenters. The number of hydrogen-bond donors (Lipinski definition) is 0. The highest BCUT2D eigenvalue weighted by atomic mass is 32.2. The number of rotatable bonds is 7. The van der Waals surface area contributed by atoms with Crippen LogP contribution >= 0.6 is 0 Å². The molecule has 2 aromatic carbocycles. The van der Waals surface area contributed by atoms with Gasteiger partial charge in [-0.25, -0.2) is 8.42 Å². The number of aryl methyl sites for hydroxylation is 1. The van der Waals surface area contributed by atoms with Crippen molar-refractivity contribution in [2.45, 2.75) is 36.6 Å². The van der Waals surface area contributed by atoms with Gasteiger partial charge in [0, 0.05) is 31.7 Å². The summed E-state index contributed by atoms with van der Waals surface area (Å²) in [4.78, 5) is 13.4. The van der Waals surface area contributed by atoms with E-state index in [-0.39, 0.29) is 29.7 Å². The van der Waals surface area contributed by atoms with Crippen LogP contribution < -0.4 is 4.90 Å². The zero-order chi connectivity index (χ0) is 21.8. The predicted molar refractivity (Wildman–Crippen MR) is 118 cm³/mol. The van der Waals surface area contributed by atoms with Gasteiger partial charge in [-0.1, -0.05) is 30.3 Å². The number of sulfonamides is 1. The second-order valence-electron chi connectivity index (χ2n) is 7.94. The van der Waals surface area contributed by atoms with Gasteiger partial charge in [0.15, 0.2) is 0 Å². The molecule has 0 bridgehead atoms. The molecule has 0 radical (unpaired) electrons. The third-order valence-corrected chi connectivity index (χ3v) is 7.94. The molecule has 1 atom stereocenters. The smallest absolute Gasteiger partial charge is 0.293 e. The summed E-state index contributed by atoms with van der Waals surface area (Å²) in [5.74, 6) is 0. The Morgan fingerprint density at radius 2 is 1.81 bits per heavy atom. The van der Waals surface area contributed by atoms with Gasteiger partial charge < -0.3 is 9.64 Å². The molecule has 166 valence electrons. The summed E-state index contributed by atoms with van der Waals surface area (Å²) < 4.78 is 32.5. The number of nitro benzene ring substituents is 1. The van der Waals surface area contributed by atoms with Crippen LogP contribution in [0.2, 0.25) is 0 Å². The first-order chi connectivity index (χ1) is 15.0. The monoisotopic (exact) mass is 445 g/mol. The van der Waals surface area contributed by atoms with Gasteiger partial charge in [0.1, 0.15) is 5.69 Å². The lowest BCUT2D eigenvalue weighted by molar-refractivity contribution is -0.384. The molecule has 2 aromatic rings. The van der Waals surface area contributed by atoms with E-state index in [4.69, 9.17) is 4.74 Å². The van der Waals surface area contributed by atoms with E-state index in [0.29, 0.717) is 18.9 Å². The van der Waals surface area contributed by atoms with Crippen molar-refractivity contribution in [3.05, 3.63) is 64.2 Å². The second-order valence-corrected chi connectivity index (χ2v) is 9.88. The molecule has 0 saturated carbocycles. The summed E-state index contributed by atoms with van der Waals surface area (Å²) in [5.41, 5.74) is 1.60. The number of nitrogens with zero attached hydrogens (tertiary/aromatic N) is 3. The Morgan fingerprint density at radius 3 is 2.52 bits per heavy atom. The normalized spacial score (nSPS) is 20.1. The van der Waals surface area contributed by atoms with E-state index in [0.717, 1.165) is 32.2 Å². The molecule has 31 heavy (non-hydrogen) atoms. The van der Waals surface area contributed by atoms with Gasteiger partial charge in [0.25, 0.3) is 5.69 Å². The van der Waals surface area contributed by atoms with Crippen LogP contribution in [0.5, 0.6) is 0 Å². The quantitative estimate of drug-likeness (QED) is 0.480. The summed E-state index contributed by atoms with van der Waals surface area (Å²) in [5, 5.41) is 11.9. The number of benzene rings is 2. The molecule has 8 nitrogen and oxygen atoms in total. The maximum atomic E-state index is 13.0. The highest BCUT2D eigenvalue weighted by molar-refractivity contribution is 7.89. The van der Waals surface area contributed by atoms with Gasteiger partial charge in [0.05, 0.1) is 23.0 Å². The van der Waals surface area contributed by atoms with E-state index in [9.17, 15) is 18.5 Å². The first kappa shape index (κ1) is 21.7. The van der Waals surface area contributed by atoms with Crippen molar-refractivity contribution in [1.29, 1.82) is 0 Å². The molecule has 2 saturated heterocycles. The number of anilines is 1. The lowest BCUT2D eigenvalue weighted by Crippen LogP contribution is -2.40. The first-order valence-corrected chi connectivity index (χ1v) is 12.1. The van der Waals surface area contributed by atoms with E-state index >= 15 is 0 Å². The molecule has 4 rings (SSSR count). The number of hydrogen-bond acceptors (Lipinski definition) is 6. The molecule has 0 spiro atoms. The molecule has 9 heteroatoms. The van der Waals surface area contributed by atoms with E-state index < -0.39 is 14.9 Å². The van der Waals surface area contributed by atoms with Crippen LogP contribution in [-0.4, -0.2) is 56.5 Å². The van der Waals surface area contributed by atoms with Crippen molar-refractivity contribution >= 4 is 21.4 Å². The fourth-order valence-corrected chi connectivity index (χ4v) is 5.85. The number of morpholine rings is 1. The van der Waals surface area contributed by atoms with Crippen molar-refractivity contribution in [2.75, 3.05) is 37.7 Å². The Morgan fingerprint density at radius 1 is 1.06 bits per heavy atom. The van der Waals surface area contributed by atoms with Gasteiger partial charge in [-0.2, -0.15) is 4.31 Å². The minimum Gasteiger partial charge on any atom is -0.379 e. The Labute approximate surface area is 182 Å². The Balaban J connectivity index is 1.58. The second kappa shape index (κ2) is 9.33. The summed E-state index contributed by atoms with van der Waals surface area (Å²) in [6, 6.07) is 14.7. The average molecular weight is 446 g/mol. The fourth-order valence-electron chi connectivity index (χ4n) is 4.42. The van der Waals surface area contributed by atoms with Crippen molar-refractivity contribution in [1.82, 2.24) is 4.31 Å². The van der Waals surface area contributed by atoms with Crippen molar-refractivity contribution in [3.63, 3.8) is 0 Å². The molecule has 0 aromatic heterocycles. The highest BCUT2D eigenvalue weighted by Gasteiger charge is 2.33. The molecule has 0 aliphatic carbocycles. The molecule has 2 heterocycles. The summed E-state index contributed by atoms with van der Waals surface area (Å²) >= 11 is 0.